The van der Waals surface area contributed by atoms with Gasteiger partial charge in [0.2, 0.25) is 5.91 Å². The van der Waals surface area contributed by atoms with Crippen LogP contribution in [-0.2, 0) is 4.79 Å². The van der Waals surface area contributed by atoms with Gasteiger partial charge in [-0.05, 0) is 25.1 Å². The quantitative estimate of drug-likeness (QED) is 0.183. The number of phenols is 2. The second-order valence-corrected chi connectivity index (χ2v) is 4.48. The molecule has 0 aliphatic heterocycles. The van der Waals surface area contributed by atoms with Gasteiger partial charge in [0, 0.05) is 5.56 Å². The molecule has 116 valence electrons. The van der Waals surface area contributed by atoms with Crippen molar-refractivity contribution >= 4 is 11.8 Å². The second-order valence-electron chi connectivity index (χ2n) is 4.48. The summed E-state index contributed by atoms with van der Waals surface area (Å²) in [5.41, 5.74) is 6.37. The summed E-state index contributed by atoms with van der Waals surface area (Å²) in [4.78, 5) is 23.2. The maximum absolute atomic E-state index is 11.6. The Balaban J connectivity index is 3.30. The summed E-state index contributed by atoms with van der Waals surface area (Å²) in [6.07, 6.45) is 1.62. The molecule has 0 heterocycles. The van der Waals surface area contributed by atoms with E-state index in [-0.39, 0.29) is 11.1 Å². The van der Waals surface area contributed by atoms with Crippen LogP contribution >= 0.6 is 0 Å². The molecule has 0 aliphatic carbocycles. The van der Waals surface area contributed by atoms with Gasteiger partial charge >= 0.3 is 0 Å². The van der Waals surface area contributed by atoms with Crippen LogP contribution in [0.5, 0.6) is 11.5 Å². The first-order valence-corrected chi connectivity index (χ1v) is 6.46. The van der Waals surface area contributed by atoms with E-state index in [1.807, 2.05) is 6.92 Å². The molecule has 0 saturated carbocycles. The Kier molecular flexibility index (Phi) is 5.94. The number of nitrogens with one attached hydrogen (secondary N) is 2. The third kappa shape index (κ3) is 3.83. The number of phenolic OH excluding ortho intramolecular Hbond substituents is 2. The Bertz CT molecular complexity index is 533. The van der Waals surface area contributed by atoms with Crippen LogP contribution in [0.1, 0.15) is 41.7 Å². The Hall–Kier alpha value is -2.32. The van der Waals surface area contributed by atoms with Crippen molar-refractivity contribution < 1.29 is 25.0 Å². The Labute approximate surface area is 121 Å². The van der Waals surface area contributed by atoms with Gasteiger partial charge in [0.05, 0.1) is 5.56 Å². The molecule has 0 spiro atoms. The number of carbonyl (C=O) groups excluding carboxylic acids is 2. The number of primary amides is 1. The molecule has 0 aromatic heterocycles. The lowest BCUT2D eigenvalue weighted by Crippen LogP contribution is -2.36. The van der Waals surface area contributed by atoms with Crippen LogP contribution in [0, 0.1) is 0 Å². The Morgan fingerprint density at radius 3 is 2.52 bits per heavy atom. The summed E-state index contributed by atoms with van der Waals surface area (Å²) in [5.74, 6) is -2.88. The molecule has 8 heteroatoms. The van der Waals surface area contributed by atoms with E-state index in [2.05, 4.69) is 5.32 Å². The average molecular weight is 297 g/mol. The SMILES string of the molecule is CCCCNC(C(N)=O)c1c(C(=O)NO)ccc(O)c1O. The monoisotopic (exact) mass is 297 g/mol. The van der Waals surface area contributed by atoms with Gasteiger partial charge in [-0.2, -0.15) is 0 Å². The zero-order chi connectivity index (χ0) is 16.0. The van der Waals surface area contributed by atoms with Gasteiger partial charge in [0.1, 0.15) is 6.04 Å². The highest BCUT2D eigenvalue weighted by Crippen LogP contribution is 2.35. The molecular weight excluding hydrogens is 278 g/mol. The van der Waals surface area contributed by atoms with Crippen molar-refractivity contribution in [1.82, 2.24) is 10.8 Å². The first kappa shape index (κ1) is 16.7. The molecule has 0 bridgehead atoms. The van der Waals surface area contributed by atoms with E-state index in [0.29, 0.717) is 6.54 Å². The third-order valence-electron chi connectivity index (χ3n) is 2.99. The molecule has 1 atom stereocenters. The molecule has 1 aromatic rings. The maximum Gasteiger partial charge on any atom is 0.275 e. The first-order valence-electron chi connectivity index (χ1n) is 6.46. The molecule has 0 aliphatic rings. The zero-order valence-corrected chi connectivity index (χ0v) is 11.6. The van der Waals surface area contributed by atoms with E-state index in [0.717, 1.165) is 18.9 Å². The Morgan fingerprint density at radius 2 is 2.00 bits per heavy atom. The van der Waals surface area contributed by atoms with Gasteiger partial charge in [0.25, 0.3) is 5.91 Å². The van der Waals surface area contributed by atoms with Crippen molar-refractivity contribution in [3.8, 4) is 11.5 Å². The second kappa shape index (κ2) is 7.46. The molecule has 8 nitrogen and oxygen atoms in total. The molecule has 1 aromatic carbocycles. The summed E-state index contributed by atoms with van der Waals surface area (Å²) in [6, 6.07) is 1.08. The molecule has 2 amide bonds. The summed E-state index contributed by atoms with van der Waals surface area (Å²) in [6.45, 7) is 2.39. The fraction of sp³-hybridized carbons (Fsp3) is 0.385. The van der Waals surface area contributed by atoms with E-state index in [1.54, 1.807) is 0 Å². The number of aromatic hydroxyl groups is 2. The lowest BCUT2D eigenvalue weighted by molar-refractivity contribution is -0.120. The topological polar surface area (TPSA) is 145 Å². The number of amides is 2. The highest BCUT2D eigenvalue weighted by atomic mass is 16.5. The van der Waals surface area contributed by atoms with Gasteiger partial charge in [-0.1, -0.05) is 13.3 Å². The number of unbranched alkanes of at least 4 members (excludes halogenated alkanes) is 1. The van der Waals surface area contributed by atoms with Crippen LogP contribution in [0.15, 0.2) is 12.1 Å². The number of nitrogens with two attached hydrogens (primary N) is 1. The van der Waals surface area contributed by atoms with Crippen molar-refractivity contribution in [3.63, 3.8) is 0 Å². The minimum Gasteiger partial charge on any atom is -0.504 e. The van der Waals surface area contributed by atoms with Crippen molar-refractivity contribution in [2.45, 2.75) is 25.8 Å². The minimum absolute atomic E-state index is 0.166. The van der Waals surface area contributed by atoms with Crippen molar-refractivity contribution in [2.24, 2.45) is 5.73 Å². The zero-order valence-electron chi connectivity index (χ0n) is 11.6. The van der Waals surface area contributed by atoms with Crippen LogP contribution in [0.3, 0.4) is 0 Å². The predicted molar refractivity (Wildman–Crippen MR) is 73.9 cm³/mol. The van der Waals surface area contributed by atoms with Gasteiger partial charge in [-0.25, -0.2) is 5.48 Å². The molecule has 0 radical (unpaired) electrons. The van der Waals surface area contributed by atoms with Crippen LogP contribution in [0.2, 0.25) is 0 Å². The number of rotatable bonds is 7. The van der Waals surface area contributed by atoms with E-state index in [4.69, 9.17) is 10.9 Å². The van der Waals surface area contributed by atoms with E-state index >= 15 is 0 Å². The predicted octanol–water partition coefficient (Wildman–Crippen LogP) is 0.133. The van der Waals surface area contributed by atoms with Crippen molar-refractivity contribution in [3.05, 3.63) is 23.3 Å². The highest BCUT2D eigenvalue weighted by Gasteiger charge is 2.28. The summed E-state index contributed by atoms with van der Waals surface area (Å²) in [5, 5.41) is 31.0. The van der Waals surface area contributed by atoms with Crippen LogP contribution in [-0.4, -0.2) is 33.8 Å². The largest absolute Gasteiger partial charge is 0.504 e. The fourth-order valence-electron chi connectivity index (χ4n) is 1.92. The number of hydroxylamine groups is 1. The fourth-order valence-corrected chi connectivity index (χ4v) is 1.92. The number of carbonyl (C=O) groups is 2. The van der Waals surface area contributed by atoms with Crippen molar-refractivity contribution in [2.75, 3.05) is 6.54 Å². The maximum atomic E-state index is 11.6. The molecule has 7 N–H and O–H groups in total. The van der Waals surface area contributed by atoms with Gasteiger partial charge < -0.3 is 21.3 Å². The van der Waals surface area contributed by atoms with E-state index < -0.39 is 29.4 Å². The third-order valence-corrected chi connectivity index (χ3v) is 2.99. The number of benzene rings is 1. The molecule has 0 fully saturated rings. The molecule has 21 heavy (non-hydrogen) atoms. The molecule has 1 rings (SSSR count). The first-order chi connectivity index (χ1) is 9.93. The molecule has 1 unspecified atom stereocenters. The Morgan fingerprint density at radius 1 is 1.33 bits per heavy atom. The highest BCUT2D eigenvalue weighted by molar-refractivity contribution is 5.98. The van der Waals surface area contributed by atoms with Gasteiger partial charge in [-0.3, -0.25) is 14.8 Å². The van der Waals surface area contributed by atoms with Gasteiger partial charge in [-0.15, -0.1) is 0 Å². The summed E-state index contributed by atoms with van der Waals surface area (Å²) in [7, 11) is 0. The van der Waals surface area contributed by atoms with Gasteiger partial charge in [0.15, 0.2) is 11.5 Å². The molecular formula is C13H19N3O5. The minimum atomic E-state index is -1.17. The average Bonchev–Trinajstić information content (AvgIpc) is 2.46. The van der Waals surface area contributed by atoms with Crippen LogP contribution < -0.4 is 16.5 Å². The normalized spacial score (nSPS) is 11.9. The molecule has 0 saturated heterocycles. The standard InChI is InChI=1S/C13H19N3O5/c1-2-3-6-15-10(12(14)19)9-7(13(20)16-21)4-5-8(17)11(9)18/h4-5,10,15,17-18,21H,2-3,6H2,1H3,(H2,14,19)(H,16,20). The lowest BCUT2D eigenvalue weighted by Gasteiger charge is -2.20. The van der Waals surface area contributed by atoms with Crippen molar-refractivity contribution in [1.29, 1.82) is 0 Å². The van der Waals surface area contributed by atoms with Crippen LogP contribution in [0.25, 0.3) is 0 Å². The van der Waals surface area contributed by atoms with Crippen LogP contribution in [0.4, 0.5) is 0 Å². The van der Waals surface area contributed by atoms with E-state index in [9.17, 15) is 19.8 Å². The number of hydrogen-bond donors (Lipinski definition) is 6. The van der Waals surface area contributed by atoms with E-state index in [1.165, 1.54) is 11.5 Å². The summed E-state index contributed by atoms with van der Waals surface area (Å²) < 4.78 is 0. The lowest BCUT2D eigenvalue weighted by atomic mass is 9.97. The smallest absolute Gasteiger partial charge is 0.275 e. The summed E-state index contributed by atoms with van der Waals surface area (Å²) >= 11 is 0. The number of hydrogen-bond acceptors (Lipinski definition) is 6.